The second kappa shape index (κ2) is 6.22. The standard InChI is InChI=1S/C19H17NO5/c21-18(22)17-20(9-10-24-17)19(23)25-11-16-14-7-3-1-5-12(14)13-6-2-4-8-15(13)16/h1-8,16-17H,9-11H2,(H,21,22)/t17-/m0/s1. The van der Waals surface area contributed by atoms with Crippen LogP contribution in [0, 0.1) is 0 Å². The fourth-order valence-electron chi connectivity index (χ4n) is 3.54. The summed E-state index contributed by atoms with van der Waals surface area (Å²) in [4.78, 5) is 24.5. The minimum absolute atomic E-state index is 0.0526. The highest BCUT2D eigenvalue weighted by molar-refractivity contribution is 5.80. The summed E-state index contributed by atoms with van der Waals surface area (Å²) in [7, 11) is 0. The number of aliphatic carboxylic acids is 1. The molecule has 1 amide bonds. The van der Waals surface area contributed by atoms with Crippen molar-refractivity contribution in [3.8, 4) is 11.1 Å². The molecule has 1 heterocycles. The molecule has 1 fully saturated rings. The maximum absolute atomic E-state index is 12.3. The van der Waals surface area contributed by atoms with Gasteiger partial charge in [0.25, 0.3) is 0 Å². The highest BCUT2D eigenvalue weighted by Crippen LogP contribution is 2.44. The Morgan fingerprint density at radius 3 is 2.28 bits per heavy atom. The molecule has 6 nitrogen and oxygen atoms in total. The molecular weight excluding hydrogens is 322 g/mol. The number of carbonyl (C=O) groups is 2. The third-order valence-electron chi connectivity index (χ3n) is 4.67. The lowest BCUT2D eigenvalue weighted by molar-refractivity contribution is -0.153. The van der Waals surface area contributed by atoms with Crippen molar-refractivity contribution in [3.05, 3.63) is 59.7 Å². The summed E-state index contributed by atoms with van der Waals surface area (Å²) in [6.45, 7) is 0.574. The highest BCUT2D eigenvalue weighted by Gasteiger charge is 2.37. The molecule has 0 aromatic heterocycles. The summed E-state index contributed by atoms with van der Waals surface area (Å²) < 4.78 is 10.5. The average molecular weight is 339 g/mol. The quantitative estimate of drug-likeness (QED) is 0.930. The van der Waals surface area contributed by atoms with Crippen molar-refractivity contribution >= 4 is 12.1 Å². The molecule has 25 heavy (non-hydrogen) atoms. The van der Waals surface area contributed by atoms with Crippen LogP contribution in [0.5, 0.6) is 0 Å². The molecule has 6 heteroatoms. The Morgan fingerprint density at radius 1 is 1.08 bits per heavy atom. The van der Waals surface area contributed by atoms with Crippen molar-refractivity contribution in [1.82, 2.24) is 4.90 Å². The van der Waals surface area contributed by atoms with Gasteiger partial charge in [0.1, 0.15) is 6.61 Å². The van der Waals surface area contributed by atoms with Crippen molar-refractivity contribution in [1.29, 1.82) is 0 Å². The minimum Gasteiger partial charge on any atom is -0.478 e. The number of rotatable bonds is 3. The fraction of sp³-hybridized carbons (Fsp3) is 0.263. The Labute approximate surface area is 144 Å². The van der Waals surface area contributed by atoms with Gasteiger partial charge in [0.05, 0.1) is 13.2 Å². The fourth-order valence-corrected chi connectivity index (χ4v) is 3.54. The van der Waals surface area contributed by atoms with E-state index in [1.54, 1.807) is 0 Å². The number of carbonyl (C=O) groups excluding carboxylic acids is 1. The van der Waals surface area contributed by atoms with Crippen LogP contribution in [0.3, 0.4) is 0 Å². The Morgan fingerprint density at radius 2 is 1.68 bits per heavy atom. The van der Waals surface area contributed by atoms with Gasteiger partial charge in [-0.3, -0.25) is 4.90 Å². The van der Waals surface area contributed by atoms with Crippen LogP contribution in [-0.2, 0) is 14.3 Å². The van der Waals surface area contributed by atoms with Gasteiger partial charge >= 0.3 is 12.1 Å². The Bertz CT molecular complexity index is 789. The zero-order valence-electron chi connectivity index (χ0n) is 13.4. The molecule has 0 spiro atoms. The van der Waals surface area contributed by atoms with Crippen LogP contribution >= 0.6 is 0 Å². The maximum Gasteiger partial charge on any atom is 0.412 e. The minimum atomic E-state index is -1.27. The number of carboxylic acid groups (broad SMARTS) is 1. The molecular formula is C19H17NO5. The monoisotopic (exact) mass is 339 g/mol. The van der Waals surface area contributed by atoms with Crippen LogP contribution in [0.2, 0.25) is 0 Å². The molecule has 2 aromatic rings. The molecule has 1 aliphatic carbocycles. The van der Waals surface area contributed by atoms with Crippen molar-refractivity contribution < 1.29 is 24.2 Å². The van der Waals surface area contributed by atoms with Gasteiger partial charge in [-0.1, -0.05) is 48.5 Å². The largest absolute Gasteiger partial charge is 0.478 e. The number of benzene rings is 2. The van der Waals surface area contributed by atoms with Gasteiger partial charge in [0.2, 0.25) is 6.23 Å². The lowest BCUT2D eigenvalue weighted by Crippen LogP contribution is -2.41. The van der Waals surface area contributed by atoms with E-state index < -0.39 is 18.3 Å². The molecule has 0 bridgehead atoms. The van der Waals surface area contributed by atoms with Gasteiger partial charge in [-0.2, -0.15) is 0 Å². The van der Waals surface area contributed by atoms with E-state index in [2.05, 4.69) is 12.1 Å². The molecule has 4 rings (SSSR count). The van der Waals surface area contributed by atoms with Crippen LogP contribution < -0.4 is 0 Å². The van der Waals surface area contributed by atoms with E-state index in [4.69, 9.17) is 14.6 Å². The van der Waals surface area contributed by atoms with E-state index in [0.717, 1.165) is 27.2 Å². The normalized spacial score (nSPS) is 18.7. The number of nitrogens with zero attached hydrogens (tertiary/aromatic N) is 1. The highest BCUT2D eigenvalue weighted by atomic mass is 16.6. The molecule has 2 aliphatic rings. The molecule has 0 unspecified atom stereocenters. The van der Waals surface area contributed by atoms with Gasteiger partial charge in [-0.05, 0) is 22.3 Å². The predicted molar refractivity (Wildman–Crippen MR) is 89.2 cm³/mol. The Hall–Kier alpha value is -2.86. The van der Waals surface area contributed by atoms with E-state index in [-0.39, 0.29) is 25.7 Å². The molecule has 128 valence electrons. The zero-order chi connectivity index (χ0) is 17.4. The van der Waals surface area contributed by atoms with Gasteiger partial charge < -0.3 is 14.6 Å². The molecule has 0 saturated carbocycles. The van der Waals surface area contributed by atoms with E-state index in [1.165, 1.54) is 0 Å². The summed E-state index contributed by atoms with van der Waals surface area (Å²) in [6, 6.07) is 16.1. The van der Waals surface area contributed by atoms with Crippen molar-refractivity contribution in [2.24, 2.45) is 0 Å². The maximum atomic E-state index is 12.3. The van der Waals surface area contributed by atoms with Crippen molar-refractivity contribution in [2.75, 3.05) is 19.8 Å². The molecule has 1 aliphatic heterocycles. The number of amides is 1. The van der Waals surface area contributed by atoms with Gasteiger partial charge in [-0.15, -0.1) is 0 Å². The Balaban J connectivity index is 1.53. The van der Waals surface area contributed by atoms with Crippen molar-refractivity contribution in [3.63, 3.8) is 0 Å². The first-order chi connectivity index (χ1) is 12.2. The summed E-state index contributed by atoms with van der Waals surface area (Å²) in [6.07, 6.45) is -1.93. The SMILES string of the molecule is O=C(O)[C@@H]1OCCN1C(=O)OCC1c2ccccc2-c2ccccc21. The number of hydrogen-bond acceptors (Lipinski definition) is 4. The molecule has 0 radical (unpaired) electrons. The number of carboxylic acids is 1. The first-order valence-electron chi connectivity index (χ1n) is 8.13. The summed E-state index contributed by atoms with van der Waals surface area (Å²) in [5, 5.41) is 9.10. The summed E-state index contributed by atoms with van der Waals surface area (Å²) in [5.74, 6) is -1.24. The predicted octanol–water partition coefficient (Wildman–Crippen LogP) is 2.68. The summed E-state index contributed by atoms with van der Waals surface area (Å²) in [5.41, 5.74) is 4.52. The molecule has 1 saturated heterocycles. The van der Waals surface area contributed by atoms with E-state index in [0.29, 0.717) is 0 Å². The second-order valence-corrected chi connectivity index (χ2v) is 6.06. The topological polar surface area (TPSA) is 76.1 Å². The first-order valence-corrected chi connectivity index (χ1v) is 8.13. The van der Waals surface area contributed by atoms with Gasteiger partial charge in [0, 0.05) is 5.92 Å². The number of hydrogen-bond donors (Lipinski definition) is 1. The van der Waals surface area contributed by atoms with Crippen LogP contribution in [0.1, 0.15) is 17.0 Å². The summed E-state index contributed by atoms with van der Waals surface area (Å²) >= 11 is 0. The van der Waals surface area contributed by atoms with Gasteiger partial charge in [-0.25, -0.2) is 9.59 Å². The molecule has 1 N–H and O–H groups in total. The van der Waals surface area contributed by atoms with Crippen LogP contribution in [0.25, 0.3) is 11.1 Å². The van der Waals surface area contributed by atoms with E-state index >= 15 is 0 Å². The first kappa shape index (κ1) is 15.7. The third kappa shape index (κ3) is 2.64. The average Bonchev–Trinajstić information content (AvgIpc) is 3.23. The van der Waals surface area contributed by atoms with E-state index in [9.17, 15) is 9.59 Å². The van der Waals surface area contributed by atoms with Crippen molar-refractivity contribution in [2.45, 2.75) is 12.1 Å². The third-order valence-corrected chi connectivity index (χ3v) is 4.67. The van der Waals surface area contributed by atoms with Crippen LogP contribution in [0.15, 0.2) is 48.5 Å². The number of ether oxygens (including phenoxy) is 2. The van der Waals surface area contributed by atoms with E-state index in [1.807, 2.05) is 36.4 Å². The lowest BCUT2D eigenvalue weighted by atomic mass is 9.98. The lowest BCUT2D eigenvalue weighted by Gasteiger charge is -2.21. The molecule has 1 atom stereocenters. The van der Waals surface area contributed by atoms with Crippen LogP contribution in [0.4, 0.5) is 4.79 Å². The smallest absolute Gasteiger partial charge is 0.412 e. The molecule has 2 aromatic carbocycles. The van der Waals surface area contributed by atoms with Gasteiger partial charge in [0.15, 0.2) is 0 Å². The Kier molecular flexibility index (Phi) is 3.89. The second-order valence-electron chi connectivity index (χ2n) is 6.06. The zero-order valence-corrected chi connectivity index (χ0v) is 13.4. The van der Waals surface area contributed by atoms with Crippen LogP contribution in [-0.4, -0.2) is 48.1 Å². The number of fused-ring (bicyclic) bond motifs is 3.